The number of methoxy groups -OCH3 is 1. The van der Waals surface area contributed by atoms with Gasteiger partial charge in [-0.1, -0.05) is 11.6 Å². The van der Waals surface area contributed by atoms with Crippen LogP contribution in [0.15, 0.2) is 55.1 Å². The summed E-state index contributed by atoms with van der Waals surface area (Å²) in [6.07, 6.45) is 6.48. The fraction of sp³-hybridized carbons (Fsp3) is 0.100. The van der Waals surface area contributed by atoms with E-state index in [1.807, 2.05) is 24.3 Å². The summed E-state index contributed by atoms with van der Waals surface area (Å²) in [5, 5.41) is 0.433. The predicted molar refractivity (Wildman–Crippen MR) is 110 cm³/mol. The van der Waals surface area contributed by atoms with Gasteiger partial charge in [0.05, 0.1) is 37.1 Å². The van der Waals surface area contributed by atoms with Gasteiger partial charge in [0.15, 0.2) is 0 Å². The third-order valence-electron chi connectivity index (χ3n) is 4.15. The van der Waals surface area contributed by atoms with Crippen molar-refractivity contribution in [1.82, 2.24) is 24.9 Å². The van der Waals surface area contributed by atoms with Crippen molar-refractivity contribution in [2.75, 3.05) is 12.8 Å². The Labute approximate surface area is 171 Å². The first-order valence-corrected chi connectivity index (χ1v) is 9.04. The van der Waals surface area contributed by atoms with E-state index in [1.165, 1.54) is 6.20 Å². The maximum atomic E-state index is 5.84. The average Bonchev–Trinajstić information content (AvgIpc) is 3.23. The molecule has 3 heterocycles. The van der Waals surface area contributed by atoms with Crippen LogP contribution < -0.4 is 15.2 Å². The van der Waals surface area contributed by atoms with Crippen molar-refractivity contribution in [3.05, 3.63) is 66.0 Å². The molecule has 0 atom stereocenters. The van der Waals surface area contributed by atoms with Crippen molar-refractivity contribution >= 4 is 17.4 Å². The van der Waals surface area contributed by atoms with Crippen molar-refractivity contribution in [3.8, 4) is 34.1 Å². The number of nitrogen functional groups attached to an aromatic ring is 1. The number of aromatic amines is 1. The minimum absolute atomic E-state index is 0.271. The summed E-state index contributed by atoms with van der Waals surface area (Å²) in [5.74, 6) is 2.35. The maximum Gasteiger partial charge on any atom is 0.141 e. The number of benzene rings is 1. The van der Waals surface area contributed by atoms with Gasteiger partial charge in [0.25, 0.3) is 0 Å². The van der Waals surface area contributed by atoms with Crippen LogP contribution in [0.2, 0.25) is 5.15 Å². The van der Waals surface area contributed by atoms with Crippen LogP contribution in [0.1, 0.15) is 5.69 Å². The SMILES string of the molecule is COc1cc(OCc2cnc(N)cn2)ccc1-c1cnc(-c2ccc(Cl)nc2)[nH]1. The van der Waals surface area contributed by atoms with Crippen LogP contribution in [0.25, 0.3) is 22.6 Å². The topological polar surface area (TPSA) is 112 Å². The second kappa shape index (κ2) is 8.15. The maximum absolute atomic E-state index is 5.84. The lowest BCUT2D eigenvalue weighted by Gasteiger charge is -2.11. The van der Waals surface area contributed by atoms with Gasteiger partial charge >= 0.3 is 0 Å². The van der Waals surface area contributed by atoms with Crippen molar-refractivity contribution < 1.29 is 9.47 Å². The number of nitrogens with two attached hydrogens (primary N) is 1. The Balaban J connectivity index is 1.54. The van der Waals surface area contributed by atoms with E-state index in [1.54, 1.807) is 31.8 Å². The van der Waals surface area contributed by atoms with Crippen molar-refractivity contribution in [2.24, 2.45) is 0 Å². The fourth-order valence-electron chi connectivity index (χ4n) is 2.70. The number of halogens is 1. The summed E-state index contributed by atoms with van der Waals surface area (Å²) < 4.78 is 11.3. The van der Waals surface area contributed by atoms with Gasteiger partial charge in [0.1, 0.15) is 34.9 Å². The first-order valence-electron chi connectivity index (χ1n) is 8.67. The van der Waals surface area contributed by atoms with Gasteiger partial charge in [-0.05, 0) is 24.3 Å². The van der Waals surface area contributed by atoms with Crippen molar-refractivity contribution in [1.29, 1.82) is 0 Å². The van der Waals surface area contributed by atoms with Gasteiger partial charge in [-0.3, -0.25) is 4.98 Å². The average molecular weight is 409 g/mol. The number of H-pyrrole nitrogens is 1. The van der Waals surface area contributed by atoms with Crippen LogP contribution in [-0.2, 0) is 6.61 Å². The lowest BCUT2D eigenvalue weighted by Crippen LogP contribution is -2.01. The number of hydrogen-bond acceptors (Lipinski definition) is 7. The molecule has 0 aliphatic heterocycles. The molecule has 0 saturated heterocycles. The van der Waals surface area contributed by atoms with Crippen LogP contribution in [0, 0.1) is 0 Å². The number of hydrogen-bond donors (Lipinski definition) is 2. The van der Waals surface area contributed by atoms with Gasteiger partial charge in [-0.15, -0.1) is 0 Å². The summed E-state index contributed by atoms with van der Waals surface area (Å²) in [6, 6.07) is 9.14. The van der Waals surface area contributed by atoms with Crippen molar-refractivity contribution in [3.63, 3.8) is 0 Å². The number of aromatic nitrogens is 5. The third kappa shape index (κ3) is 4.27. The zero-order chi connectivity index (χ0) is 20.2. The number of pyridine rings is 1. The van der Waals surface area contributed by atoms with E-state index >= 15 is 0 Å². The molecule has 0 radical (unpaired) electrons. The van der Waals surface area contributed by atoms with E-state index in [9.17, 15) is 0 Å². The van der Waals surface area contributed by atoms with E-state index in [2.05, 4.69) is 24.9 Å². The van der Waals surface area contributed by atoms with E-state index in [0.29, 0.717) is 34.0 Å². The minimum atomic E-state index is 0.271. The van der Waals surface area contributed by atoms with Crippen LogP contribution >= 0.6 is 11.6 Å². The van der Waals surface area contributed by atoms with Gasteiger partial charge in [0, 0.05) is 23.4 Å². The largest absolute Gasteiger partial charge is 0.496 e. The Bertz CT molecular complexity index is 1110. The lowest BCUT2D eigenvalue weighted by molar-refractivity contribution is 0.298. The van der Waals surface area contributed by atoms with Crippen LogP contribution in [-0.4, -0.2) is 32.0 Å². The highest BCUT2D eigenvalue weighted by Crippen LogP contribution is 2.33. The number of anilines is 1. The highest BCUT2D eigenvalue weighted by atomic mass is 35.5. The monoisotopic (exact) mass is 408 g/mol. The first-order chi connectivity index (χ1) is 14.1. The molecule has 3 aromatic heterocycles. The predicted octanol–water partition coefficient (Wildman–Crippen LogP) is 3.75. The van der Waals surface area contributed by atoms with Crippen LogP contribution in [0.4, 0.5) is 5.82 Å². The summed E-state index contributed by atoms with van der Waals surface area (Å²) in [4.78, 5) is 19.9. The smallest absolute Gasteiger partial charge is 0.141 e. The molecular formula is C20H17ClN6O2. The number of imidazole rings is 1. The Morgan fingerprint density at radius 2 is 1.90 bits per heavy atom. The molecule has 4 aromatic rings. The standard InChI is InChI=1S/C20H17ClN6O2/c1-28-17-6-14(29-11-13-8-25-19(22)10-23-13)3-4-15(17)16-9-26-20(27-16)12-2-5-18(21)24-7-12/h2-10H,11H2,1H3,(H2,22,25)(H,26,27). The van der Waals surface area contributed by atoms with E-state index in [-0.39, 0.29) is 6.61 Å². The zero-order valence-corrected chi connectivity index (χ0v) is 16.2. The van der Waals surface area contributed by atoms with Crippen LogP contribution in [0.5, 0.6) is 11.5 Å². The Kier molecular flexibility index (Phi) is 5.26. The Morgan fingerprint density at radius 1 is 1.00 bits per heavy atom. The molecule has 0 bridgehead atoms. The molecule has 9 heteroatoms. The lowest BCUT2D eigenvalue weighted by atomic mass is 10.1. The van der Waals surface area contributed by atoms with Gasteiger partial charge < -0.3 is 20.2 Å². The molecule has 146 valence electrons. The second-order valence-corrected chi connectivity index (χ2v) is 6.49. The van der Waals surface area contributed by atoms with E-state index in [0.717, 1.165) is 16.8 Å². The van der Waals surface area contributed by atoms with Gasteiger partial charge in [0.2, 0.25) is 0 Å². The molecule has 1 aromatic carbocycles. The summed E-state index contributed by atoms with van der Waals surface area (Å²) >= 11 is 5.84. The molecule has 4 rings (SSSR count). The molecule has 0 amide bonds. The normalized spacial score (nSPS) is 10.7. The third-order valence-corrected chi connectivity index (χ3v) is 4.38. The minimum Gasteiger partial charge on any atom is -0.496 e. The highest BCUT2D eigenvalue weighted by Gasteiger charge is 2.12. The molecule has 0 aliphatic carbocycles. The van der Waals surface area contributed by atoms with E-state index < -0.39 is 0 Å². The molecule has 8 nitrogen and oxygen atoms in total. The Hall–Kier alpha value is -3.65. The molecule has 0 spiro atoms. The zero-order valence-electron chi connectivity index (χ0n) is 15.5. The molecule has 0 fully saturated rings. The fourth-order valence-corrected chi connectivity index (χ4v) is 2.81. The summed E-state index contributed by atoms with van der Waals surface area (Å²) in [5.41, 5.74) is 8.72. The molecule has 0 saturated carbocycles. The number of nitrogens with zero attached hydrogens (tertiary/aromatic N) is 4. The number of nitrogens with one attached hydrogen (secondary N) is 1. The number of ether oxygens (including phenoxy) is 2. The highest BCUT2D eigenvalue weighted by molar-refractivity contribution is 6.29. The van der Waals surface area contributed by atoms with E-state index in [4.69, 9.17) is 26.8 Å². The molecule has 0 unspecified atom stereocenters. The number of rotatable bonds is 6. The molecular weight excluding hydrogens is 392 g/mol. The quantitative estimate of drug-likeness (QED) is 0.467. The molecule has 3 N–H and O–H groups in total. The summed E-state index contributed by atoms with van der Waals surface area (Å²) in [7, 11) is 1.61. The Morgan fingerprint density at radius 3 is 2.62 bits per heavy atom. The van der Waals surface area contributed by atoms with Gasteiger partial charge in [-0.2, -0.15) is 0 Å². The molecule has 0 aliphatic rings. The van der Waals surface area contributed by atoms with Gasteiger partial charge in [-0.25, -0.2) is 15.0 Å². The van der Waals surface area contributed by atoms with Crippen LogP contribution in [0.3, 0.4) is 0 Å². The summed E-state index contributed by atoms with van der Waals surface area (Å²) in [6.45, 7) is 0.271. The second-order valence-electron chi connectivity index (χ2n) is 6.10. The van der Waals surface area contributed by atoms with Crippen molar-refractivity contribution in [2.45, 2.75) is 6.61 Å². The molecule has 29 heavy (non-hydrogen) atoms. The first kappa shape index (κ1) is 18.7.